The Balaban J connectivity index is 2.75. The van der Waals surface area contributed by atoms with Crippen LogP contribution in [0.25, 0.3) is 0 Å². The summed E-state index contributed by atoms with van der Waals surface area (Å²) in [5.74, 6) is -2.03. The highest BCUT2D eigenvalue weighted by Crippen LogP contribution is 2.22. The molecule has 0 radical (unpaired) electrons. The van der Waals surface area contributed by atoms with Crippen molar-refractivity contribution in [3.63, 3.8) is 0 Å². The molecular weight excluding hydrogens is 304 g/mol. The minimum absolute atomic E-state index is 0.155. The van der Waals surface area contributed by atoms with E-state index < -0.39 is 61.7 Å². The minimum atomic E-state index is -1.78. The highest BCUT2D eigenvalue weighted by atomic mass is 16.7. The van der Waals surface area contributed by atoms with Crippen LogP contribution in [0.1, 0.15) is 6.42 Å². The molecule has 1 aliphatic rings. The van der Waals surface area contributed by atoms with Crippen LogP contribution in [0, 0.1) is 0 Å². The van der Waals surface area contributed by atoms with Crippen molar-refractivity contribution in [1.82, 2.24) is 5.32 Å². The van der Waals surface area contributed by atoms with E-state index >= 15 is 0 Å². The number of hydrogen-bond acceptors (Lipinski definition) is 9. The average Bonchev–Trinajstić information content (AvgIpc) is 2.46. The van der Waals surface area contributed by atoms with Crippen molar-refractivity contribution < 1.29 is 44.3 Å². The van der Waals surface area contributed by atoms with E-state index in [1.165, 1.54) is 0 Å². The molecule has 0 bridgehead atoms. The molecule has 1 aliphatic heterocycles. The molecule has 11 nitrogen and oxygen atoms in total. The van der Waals surface area contributed by atoms with Gasteiger partial charge in [-0.05, 0) is 0 Å². The second-order valence-corrected chi connectivity index (χ2v) is 4.64. The fraction of sp³-hybridized carbons (Fsp3) is 0.727. The fourth-order valence-electron chi connectivity index (χ4n) is 1.85. The Hall–Kier alpha value is -1.79. The van der Waals surface area contributed by atoms with Crippen LogP contribution in [0.5, 0.6) is 0 Å². The van der Waals surface area contributed by atoms with Crippen LogP contribution in [0.3, 0.4) is 0 Å². The lowest BCUT2D eigenvalue weighted by Crippen LogP contribution is -2.60. The zero-order chi connectivity index (χ0) is 16.9. The number of hydrogen-bond donors (Lipinski definition) is 6. The Morgan fingerprint density at radius 1 is 1.27 bits per heavy atom. The quantitative estimate of drug-likeness (QED) is 0.198. The van der Waals surface area contributed by atoms with Gasteiger partial charge >= 0.3 is 5.97 Å². The van der Waals surface area contributed by atoms with Crippen molar-refractivity contribution in [3.05, 3.63) is 0 Å². The van der Waals surface area contributed by atoms with E-state index in [-0.39, 0.29) is 6.41 Å². The van der Waals surface area contributed by atoms with Crippen LogP contribution < -0.4 is 11.1 Å². The molecule has 2 amide bonds. The lowest BCUT2D eigenvalue weighted by molar-refractivity contribution is -0.293. The van der Waals surface area contributed by atoms with Gasteiger partial charge in [-0.2, -0.15) is 0 Å². The zero-order valence-corrected chi connectivity index (χ0v) is 11.4. The largest absolute Gasteiger partial charge is 0.431 e. The Kier molecular flexibility index (Phi) is 6.64. The number of aliphatic hydroxyl groups excluding tert-OH is 4. The maximum absolute atomic E-state index is 11.8. The van der Waals surface area contributed by atoms with E-state index in [1.54, 1.807) is 0 Å². The predicted octanol–water partition coefficient (Wildman–Crippen LogP) is -4.68. The Morgan fingerprint density at radius 3 is 2.41 bits per heavy atom. The second kappa shape index (κ2) is 8.00. The second-order valence-electron chi connectivity index (χ2n) is 4.64. The maximum atomic E-state index is 11.8. The molecule has 0 aromatic carbocycles. The van der Waals surface area contributed by atoms with E-state index in [9.17, 15) is 29.7 Å². The molecule has 0 spiro atoms. The number of esters is 1. The van der Waals surface area contributed by atoms with Gasteiger partial charge in [-0.1, -0.05) is 0 Å². The van der Waals surface area contributed by atoms with Crippen molar-refractivity contribution in [2.24, 2.45) is 5.73 Å². The van der Waals surface area contributed by atoms with Crippen molar-refractivity contribution in [2.75, 3.05) is 6.61 Å². The van der Waals surface area contributed by atoms with Gasteiger partial charge in [0.2, 0.25) is 18.6 Å². The normalized spacial score (nSPS) is 32.8. The standard InChI is InChI=1S/C11H18N2O9/c12-6(16)1-4(13-3-15)10(20)22-11-9(19)8(18)7(17)5(2-14)21-11/h3-5,7-9,11,14,17-19H,1-2H2,(H2,12,16)(H,13,15)/t4-,5+,7-,8-,9+,11-/m0/s1. The third-order valence-corrected chi connectivity index (χ3v) is 3.04. The summed E-state index contributed by atoms with van der Waals surface area (Å²) >= 11 is 0. The summed E-state index contributed by atoms with van der Waals surface area (Å²) in [5.41, 5.74) is 4.92. The molecule has 0 aliphatic carbocycles. The summed E-state index contributed by atoms with van der Waals surface area (Å²) in [6.45, 7) is -0.698. The molecular formula is C11H18N2O9. The first kappa shape index (κ1) is 18.3. The molecule has 6 atom stereocenters. The fourth-order valence-corrected chi connectivity index (χ4v) is 1.85. The molecule has 0 aromatic heterocycles. The SMILES string of the molecule is NC(=O)C[C@H](NC=O)C(=O)O[C@@H]1O[C@H](CO)[C@H](O)[C@H](O)[C@H]1O. The lowest BCUT2D eigenvalue weighted by Gasteiger charge is -2.39. The maximum Gasteiger partial charge on any atom is 0.331 e. The van der Waals surface area contributed by atoms with Gasteiger partial charge in [0.15, 0.2) is 0 Å². The number of nitrogens with two attached hydrogens (primary N) is 1. The topological polar surface area (TPSA) is 189 Å². The van der Waals surface area contributed by atoms with E-state index in [0.29, 0.717) is 0 Å². The van der Waals surface area contributed by atoms with Gasteiger partial charge in [-0.3, -0.25) is 9.59 Å². The Bertz CT molecular complexity index is 416. The summed E-state index contributed by atoms with van der Waals surface area (Å²) in [6, 6.07) is -1.40. The van der Waals surface area contributed by atoms with Crippen molar-refractivity contribution >= 4 is 18.3 Å². The van der Waals surface area contributed by atoms with Crippen LogP contribution >= 0.6 is 0 Å². The third-order valence-electron chi connectivity index (χ3n) is 3.04. The predicted molar refractivity (Wildman–Crippen MR) is 66.7 cm³/mol. The van der Waals surface area contributed by atoms with Crippen LogP contribution in [0.2, 0.25) is 0 Å². The summed E-state index contributed by atoms with van der Waals surface area (Å²) in [5, 5.41) is 39.8. The molecule has 126 valence electrons. The van der Waals surface area contributed by atoms with Gasteiger partial charge in [0.1, 0.15) is 30.5 Å². The summed E-state index contributed by atoms with van der Waals surface area (Å²) < 4.78 is 9.70. The zero-order valence-electron chi connectivity index (χ0n) is 11.4. The number of aliphatic hydroxyl groups is 4. The highest BCUT2D eigenvalue weighted by Gasteiger charge is 2.45. The number of ether oxygens (including phenoxy) is 2. The van der Waals surface area contributed by atoms with Crippen molar-refractivity contribution in [1.29, 1.82) is 0 Å². The van der Waals surface area contributed by atoms with E-state index in [0.717, 1.165) is 0 Å². The smallest absolute Gasteiger partial charge is 0.331 e. The number of rotatable bonds is 7. The average molecular weight is 322 g/mol. The highest BCUT2D eigenvalue weighted by molar-refractivity contribution is 5.85. The number of nitrogens with one attached hydrogen (secondary N) is 1. The molecule has 1 fully saturated rings. The lowest BCUT2D eigenvalue weighted by atomic mass is 9.99. The number of amides is 2. The molecule has 22 heavy (non-hydrogen) atoms. The Morgan fingerprint density at radius 2 is 1.91 bits per heavy atom. The first-order chi connectivity index (χ1) is 10.3. The first-order valence-corrected chi connectivity index (χ1v) is 6.30. The van der Waals surface area contributed by atoms with E-state index in [2.05, 4.69) is 0 Å². The van der Waals surface area contributed by atoms with E-state index in [4.69, 9.17) is 20.3 Å². The molecule has 1 saturated heterocycles. The molecule has 0 aromatic rings. The van der Waals surface area contributed by atoms with Crippen molar-refractivity contribution in [2.45, 2.75) is 43.2 Å². The number of carbonyl (C=O) groups excluding carboxylic acids is 3. The number of carbonyl (C=O) groups is 3. The van der Waals surface area contributed by atoms with Gasteiger partial charge < -0.3 is 41.0 Å². The molecule has 0 saturated carbocycles. The summed E-state index contributed by atoms with van der Waals surface area (Å²) in [4.78, 5) is 33.0. The van der Waals surface area contributed by atoms with Gasteiger partial charge in [-0.25, -0.2) is 4.79 Å². The van der Waals surface area contributed by atoms with Crippen LogP contribution in [-0.2, 0) is 23.9 Å². The van der Waals surface area contributed by atoms with Crippen molar-refractivity contribution in [3.8, 4) is 0 Å². The van der Waals surface area contributed by atoms with Gasteiger partial charge in [0.05, 0.1) is 13.0 Å². The van der Waals surface area contributed by atoms with Gasteiger partial charge in [0.25, 0.3) is 0 Å². The number of primary amides is 1. The van der Waals surface area contributed by atoms with Crippen LogP contribution in [0.15, 0.2) is 0 Å². The van der Waals surface area contributed by atoms with Gasteiger partial charge in [-0.15, -0.1) is 0 Å². The molecule has 11 heteroatoms. The summed E-state index contributed by atoms with van der Waals surface area (Å²) in [6.07, 6.45) is -8.47. The summed E-state index contributed by atoms with van der Waals surface area (Å²) in [7, 11) is 0. The molecule has 0 unspecified atom stereocenters. The minimum Gasteiger partial charge on any atom is -0.431 e. The molecule has 1 rings (SSSR count). The van der Waals surface area contributed by atoms with E-state index in [1.807, 2.05) is 5.32 Å². The van der Waals surface area contributed by atoms with Gasteiger partial charge in [0, 0.05) is 0 Å². The third kappa shape index (κ3) is 4.35. The first-order valence-electron chi connectivity index (χ1n) is 6.30. The molecule has 1 heterocycles. The van der Waals surface area contributed by atoms with Crippen LogP contribution in [-0.4, -0.2) is 82.1 Å². The monoisotopic (exact) mass is 322 g/mol. The Labute approximate surface area is 124 Å². The molecule has 7 N–H and O–H groups in total. The van der Waals surface area contributed by atoms with Crippen LogP contribution in [0.4, 0.5) is 0 Å².